The molecule has 0 N–H and O–H groups in total. The molecule has 0 saturated carbocycles. The molecule has 3 heterocycles. The van der Waals surface area contributed by atoms with Gasteiger partial charge in [0.15, 0.2) is 0 Å². The molecule has 8 nitrogen and oxygen atoms in total. The molecule has 17 aromatic carbocycles. The fourth-order valence-corrected chi connectivity index (χ4v) is 18.6. The van der Waals surface area contributed by atoms with E-state index in [1.807, 2.05) is 0 Å². The number of benzene rings is 17. The van der Waals surface area contributed by atoms with Gasteiger partial charge in [0.2, 0.25) is 0 Å². The van der Waals surface area contributed by atoms with Crippen LogP contribution in [0.15, 0.2) is 437 Å². The van der Waals surface area contributed by atoms with Crippen LogP contribution in [0.4, 0.5) is 85.3 Å². The Hall–Kier alpha value is -16.0. The van der Waals surface area contributed by atoms with E-state index in [1.54, 1.807) is 0 Å². The predicted molar refractivity (Wildman–Crippen MR) is 521 cm³/mol. The molecule has 2 bridgehead atoms. The van der Waals surface area contributed by atoms with E-state index >= 15 is 0 Å². The third kappa shape index (κ3) is 14.3. The molecule has 594 valence electrons. The number of hydrogen-bond acceptors (Lipinski definition) is 8. The highest BCUT2D eigenvalue weighted by molar-refractivity contribution is 5.94. The number of para-hydroxylation sites is 4. The maximum atomic E-state index is 5.60. The molecule has 20 aromatic rings. The molecule has 2 unspecified atom stereocenters. The van der Waals surface area contributed by atoms with Crippen molar-refractivity contribution in [1.29, 1.82) is 0 Å². The number of anilines is 15. The summed E-state index contributed by atoms with van der Waals surface area (Å²) < 4.78 is 0. The zero-order chi connectivity index (χ0) is 83.6. The van der Waals surface area contributed by atoms with E-state index < -0.39 is 0 Å². The van der Waals surface area contributed by atoms with Gasteiger partial charge < -0.3 is 24.5 Å². The number of fused-ring (bicyclic) bond motifs is 3. The number of pyridine rings is 3. The van der Waals surface area contributed by atoms with Crippen molar-refractivity contribution >= 4 is 118 Å². The molecule has 0 saturated heterocycles. The third-order valence-electron chi connectivity index (χ3n) is 25.0. The Morgan fingerprint density at radius 2 is 0.328 bits per heavy atom. The molecule has 3 aromatic heterocycles. The Morgan fingerprint density at radius 3 is 0.536 bits per heavy atom. The van der Waals surface area contributed by atoms with Crippen molar-refractivity contribution in [2.75, 3.05) is 24.5 Å². The Kier molecular flexibility index (Phi) is 19.2. The molecule has 0 radical (unpaired) electrons. The first-order chi connectivity index (χ1) is 61.5. The quantitative estimate of drug-likeness (QED) is 0.0794. The van der Waals surface area contributed by atoms with Crippen molar-refractivity contribution in [3.05, 3.63) is 492 Å². The van der Waals surface area contributed by atoms with Gasteiger partial charge in [0.1, 0.15) is 0 Å². The number of aromatic nitrogens is 3. The molecule has 0 fully saturated rings. The van der Waals surface area contributed by atoms with E-state index in [0.717, 1.165) is 163 Å². The molecule has 0 aliphatic heterocycles. The molecule has 3 aliphatic rings. The van der Waals surface area contributed by atoms with Crippen LogP contribution >= 0.6 is 0 Å². The Bertz CT molecular complexity index is 7320. The summed E-state index contributed by atoms with van der Waals surface area (Å²) >= 11 is 0. The van der Waals surface area contributed by atoms with E-state index in [1.165, 1.54) is 55.6 Å². The van der Waals surface area contributed by atoms with Crippen LogP contribution in [0.3, 0.4) is 0 Å². The SMILES string of the molecule is Cc1ccc(N(c2ccccc2)c2ccc(-c3ccc(N(c4ccc(C)cc4)c4ccc(-c5ccc6cc7c(cc6n5)C5c6cc8ccc(-c9ccc(N(c%10ccc(C)cc%10)c%10ccc(N(c%11ccccc%11)c%11ccc(C)cc%11)cc%10)cc9)nc8cc6C7c6cc7ccc(-c8ccc(N(c9ccccc9)c9ccccc9)cc8)nc7cc65)cc4)cc3)cc2)cc1. The highest BCUT2D eigenvalue weighted by atomic mass is 15.2. The fourth-order valence-electron chi connectivity index (χ4n) is 18.6. The Morgan fingerprint density at radius 1 is 0.160 bits per heavy atom. The second-order valence-corrected chi connectivity index (χ2v) is 33.1. The van der Waals surface area contributed by atoms with Gasteiger partial charge in [0.05, 0.1) is 33.6 Å². The second kappa shape index (κ2) is 31.8. The largest absolute Gasteiger partial charge is 0.311 e. The van der Waals surface area contributed by atoms with Crippen LogP contribution in [-0.2, 0) is 0 Å². The van der Waals surface area contributed by atoms with Crippen LogP contribution in [0.1, 0.15) is 67.5 Å². The van der Waals surface area contributed by atoms with E-state index in [-0.39, 0.29) is 11.8 Å². The van der Waals surface area contributed by atoms with E-state index in [4.69, 9.17) is 15.0 Å². The lowest BCUT2D eigenvalue weighted by Gasteiger charge is -2.42. The summed E-state index contributed by atoms with van der Waals surface area (Å²) in [6.45, 7) is 8.55. The maximum Gasteiger partial charge on any atom is 0.0712 e. The van der Waals surface area contributed by atoms with Crippen LogP contribution < -0.4 is 24.5 Å². The van der Waals surface area contributed by atoms with Crippen LogP contribution in [-0.4, -0.2) is 15.0 Å². The molecule has 8 heteroatoms. The monoisotopic (exact) mass is 1600 g/mol. The molecule has 23 rings (SSSR count). The highest BCUT2D eigenvalue weighted by Gasteiger charge is 2.43. The average Bonchev–Trinajstić information content (AvgIpc) is 0.687. The van der Waals surface area contributed by atoms with Gasteiger partial charge in [-0.2, -0.15) is 0 Å². The highest BCUT2D eigenvalue weighted by Crippen LogP contribution is 2.58. The number of aryl methyl sites for hydroxylation is 4. The summed E-state index contributed by atoms with van der Waals surface area (Å²) in [5.41, 5.74) is 39.9. The molecule has 0 spiro atoms. The fraction of sp³-hybridized carbons (Fsp3) is 0.0513. The number of nitrogens with zero attached hydrogens (tertiary/aromatic N) is 8. The van der Waals surface area contributed by atoms with Crippen molar-refractivity contribution in [1.82, 2.24) is 15.0 Å². The Labute approximate surface area is 729 Å². The first-order valence-corrected chi connectivity index (χ1v) is 43.0. The smallest absolute Gasteiger partial charge is 0.0712 e. The molecule has 3 aliphatic carbocycles. The Balaban J connectivity index is 0.593. The first kappa shape index (κ1) is 75.2. The van der Waals surface area contributed by atoms with Gasteiger partial charge in [-0.15, -0.1) is 0 Å². The first-order valence-electron chi connectivity index (χ1n) is 43.0. The summed E-state index contributed by atoms with van der Waals surface area (Å²) in [5, 5.41) is 3.31. The summed E-state index contributed by atoms with van der Waals surface area (Å²) in [7, 11) is 0. The molecule has 0 amide bonds. The van der Waals surface area contributed by atoms with Crippen LogP contribution in [0, 0.1) is 27.7 Å². The topological polar surface area (TPSA) is 54.9 Å². The normalized spacial score (nSPS) is 13.0. The molecule has 2 atom stereocenters. The lowest BCUT2D eigenvalue weighted by atomic mass is 9.60. The van der Waals surface area contributed by atoms with Crippen molar-refractivity contribution in [3.8, 4) is 44.9 Å². The van der Waals surface area contributed by atoms with Crippen molar-refractivity contribution in [3.63, 3.8) is 0 Å². The minimum atomic E-state index is -0.104. The summed E-state index contributed by atoms with van der Waals surface area (Å²) in [4.78, 5) is 28.4. The van der Waals surface area contributed by atoms with E-state index in [0.29, 0.717) is 0 Å². The lowest BCUT2D eigenvalue weighted by molar-refractivity contribution is 0.760. The minimum Gasteiger partial charge on any atom is -0.311 e. The van der Waals surface area contributed by atoms with Crippen LogP contribution in [0.5, 0.6) is 0 Å². The molecule has 125 heavy (non-hydrogen) atoms. The van der Waals surface area contributed by atoms with Crippen molar-refractivity contribution < 1.29 is 0 Å². The minimum absolute atomic E-state index is 0.0778. The zero-order valence-corrected chi connectivity index (χ0v) is 69.8. The van der Waals surface area contributed by atoms with Crippen LogP contribution in [0.2, 0.25) is 0 Å². The van der Waals surface area contributed by atoms with E-state index in [9.17, 15) is 0 Å². The van der Waals surface area contributed by atoms with Crippen molar-refractivity contribution in [2.24, 2.45) is 0 Å². The average molecular weight is 1600 g/mol. The third-order valence-corrected chi connectivity index (χ3v) is 25.0. The molecular weight excluding hydrogens is 1520 g/mol. The number of rotatable bonds is 19. The van der Waals surface area contributed by atoms with Gasteiger partial charge in [-0.1, -0.05) is 222 Å². The van der Waals surface area contributed by atoms with E-state index in [2.05, 4.69) is 489 Å². The van der Waals surface area contributed by atoms with Gasteiger partial charge in [-0.05, 0) is 309 Å². The molecular formula is C117H86N8. The van der Waals surface area contributed by atoms with Gasteiger partial charge in [0, 0.05) is 130 Å². The summed E-state index contributed by atoms with van der Waals surface area (Å²) in [6, 6.07) is 159. The predicted octanol–water partition coefficient (Wildman–Crippen LogP) is 31.6. The zero-order valence-electron chi connectivity index (χ0n) is 69.8. The standard InChI is InChI=1S/C117H86N8/c1-77-25-46-93(47-26-77)122(91-21-13-7-14-22-91)97-54-33-81(34-55-97)82-35-56-98(57-36-82)124(95-50-29-79(3)30-51-95)100-60-39-84(40-61-100)112-69-44-87-72-105-109(76-115(87)120-112)117-106-73-88-45-70-111(85-41-62-101(63-42-85)125(96-52-31-80(4)32-53-96)103-66-64-102(65-67-103)123(92-23-15-8-16-24-92)94-48-27-78(2)28-49-94)118-113(88)74-107(106)116(105)104-71-86-43-68-110(119-114(86)75-108(104)117)83-37-58-99(59-38-83)121(89-17-9-5-10-18-89)90-19-11-6-12-20-90/h5-76,116-117H,1-4H3. The van der Waals surface area contributed by atoms with Gasteiger partial charge in [0.25, 0.3) is 0 Å². The van der Waals surface area contributed by atoms with Gasteiger partial charge >= 0.3 is 0 Å². The summed E-state index contributed by atoms with van der Waals surface area (Å²) in [6.07, 6.45) is 0. The van der Waals surface area contributed by atoms with Gasteiger partial charge in [-0.3, -0.25) is 0 Å². The summed E-state index contributed by atoms with van der Waals surface area (Å²) in [5.74, 6) is -0.181. The second-order valence-electron chi connectivity index (χ2n) is 33.1. The van der Waals surface area contributed by atoms with Crippen molar-refractivity contribution in [2.45, 2.75) is 39.5 Å². The van der Waals surface area contributed by atoms with Gasteiger partial charge in [-0.25, -0.2) is 15.0 Å². The lowest BCUT2D eigenvalue weighted by Crippen LogP contribution is -2.27. The van der Waals surface area contributed by atoms with Crippen LogP contribution in [0.25, 0.3) is 77.6 Å². The number of hydrogen-bond donors (Lipinski definition) is 0. The maximum absolute atomic E-state index is 5.60.